The van der Waals surface area contributed by atoms with Crippen LogP contribution in [0.5, 0.6) is 0 Å². The van der Waals surface area contributed by atoms with Gasteiger partial charge in [0.2, 0.25) is 0 Å². The Morgan fingerprint density at radius 2 is 1.79 bits per heavy atom. The maximum absolute atomic E-state index is 10.5. The van der Waals surface area contributed by atoms with Crippen molar-refractivity contribution in [1.82, 2.24) is 4.90 Å². The molecule has 3 nitrogen and oxygen atoms in total. The molecule has 0 radical (unpaired) electrons. The van der Waals surface area contributed by atoms with Crippen molar-refractivity contribution < 1.29 is 9.84 Å². The van der Waals surface area contributed by atoms with E-state index in [9.17, 15) is 5.11 Å². The third kappa shape index (κ3) is 3.95. The van der Waals surface area contributed by atoms with Crippen LogP contribution in [0.4, 0.5) is 0 Å². The maximum Gasteiger partial charge on any atom is 0.0900 e. The standard InChI is InChI=1S/C20H37NO2.ClH/c1-19(2)15-10-11-20(3,12-15)18(19)23-14-17(22)13-21(4)16-8-6-5-7-9-16;/h15-18,22H,5-14H2,1-4H3;1H. The highest BCUT2D eigenvalue weighted by atomic mass is 35.5. The van der Waals surface area contributed by atoms with E-state index in [1.807, 2.05) is 0 Å². The first-order valence-corrected chi connectivity index (χ1v) is 9.83. The minimum Gasteiger partial charge on any atom is -0.389 e. The predicted octanol–water partition coefficient (Wildman–Crippen LogP) is 4.27. The number of fused-ring (bicyclic) bond motifs is 2. The molecule has 3 aliphatic rings. The second-order valence-corrected chi connectivity index (χ2v) is 9.51. The number of likely N-dealkylation sites (N-methyl/N-ethyl adjacent to an activating group) is 1. The molecule has 0 aromatic heterocycles. The first kappa shape index (κ1) is 20.5. The molecular weight excluding hydrogens is 322 g/mol. The molecule has 0 heterocycles. The lowest BCUT2D eigenvalue weighted by Gasteiger charge is -2.43. The average molecular weight is 360 g/mol. The Hall–Kier alpha value is 0.170. The molecule has 0 aliphatic heterocycles. The van der Waals surface area contributed by atoms with Gasteiger partial charge in [0.05, 0.1) is 18.8 Å². The Kier molecular flexibility index (Phi) is 6.67. The van der Waals surface area contributed by atoms with E-state index in [1.165, 1.54) is 51.4 Å². The summed E-state index contributed by atoms with van der Waals surface area (Å²) in [6, 6.07) is 0.662. The Morgan fingerprint density at radius 1 is 1.12 bits per heavy atom. The van der Waals surface area contributed by atoms with E-state index in [4.69, 9.17) is 4.74 Å². The molecule has 0 spiro atoms. The molecule has 2 bridgehead atoms. The first-order chi connectivity index (χ1) is 10.8. The predicted molar refractivity (Wildman–Crippen MR) is 102 cm³/mol. The highest BCUT2D eigenvalue weighted by Gasteiger charge is 2.60. The van der Waals surface area contributed by atoms with Crippen molar-refractivity contribution >= 4 is 12.4 Å². The molecule has 24 heavy (non-hydrogen) atoms. The summed E-state index contributed by atoms with van der Waals surface area (Å²) in [7, 11) is 2.17. The van der Waals surface area contributed by atoms with E-state index in [1.54, 1.807) is 0 Å². The zero-order valence-corrected chi connectivity index (χ0v) is 16.9. The van der Waals surface area contributed by atoms with Crippen molar-refractivity contribution in [3.8, 4) is 0 Å². The third-order valence-electron chi connectivity index (χ3n) is 7.29. The highest BCUT2D eigenvalue weighted by Crippen LogP contribution is 2.63. The number of nitrogens with zero attached hydrogens (tertiary/aromatic N) is 1. The summed E-state index contributed by atoms with van der Waals surface area (Å²) < 4.78 is 6.33. The van der Waals surface area contributed by atoms with Crippen molar-refractivity contribution in [2.45, 2.75) is 90.4 Å². The van der Waals surface area contributed by atoms with Crippen LogP contribution >= 0.6 is 12.4 Å². The molecule has 3 aliphatic carbocycles. The molecule has 3 rings (SSSR count). The van der Waals surface area contributed by atoms with Crippen LogP contribution in [0.15, 0.2) is 0 Å². The van der Waals surface area contributed by atoms with Gasteiger partial charge in [0.25, 0.3) is 0 Å². The van der Waals surface area contributed by atoms with Crippen molar-refractivity contribution in [2.75, 3.05) is 20.2 Å². The Morgan fingerprint density at radius 3 is 2.38 bits per heavy atom. The second kappa shape index (κ2) is 7.82. The summed E-state index contributed by atoms with van der Waals surface area (Å²) in [5, 5.41) is 10.5. The van der Waals surface area contributed by atoms with Gasteiger partial charge in [-0.15, -0.1) is 12.4 Å². The summed E-state index contributed by atoms with van der Waals surface area (Å²) >= 11 is 0. The average Bonchev–Trinajstić information content (AvgIpc) is 2.98. The Balaban J connectivity index is 0.00000208. The van der Waals surface area contributed by atoms with Gasteiger partial charge in [-0.2, -0.15) is 0 Å². The Labute approximate surface area is 154 Å². The summed E-state index contributed by atoms with van der Waals surface area (Å²) in [4.78, 5) is 2.36. The zero-order valence-electron chi connectivity index (χ0n) is 16.1. The maximum atomic E-state index is 10.5. The number of rotatable bonds is 6. The summed E-state index contributed by atoms with van der Waals surface area (Å²) in [6.45, 7) is 8.37. The minimum atomic E-state index is -0.361. The fourth-order valence-electron chi connectivity index (χ4n) is 5.94. The Bertz CT molecular complexity index is 406. The van der Waals surface area contributed by atoms with Gasteiger partial charge in [-0.1, -0.05) is 40.0 Å². The number of hydrogen-bond donors (Lipinski definition) is 1. The van der Waals surface area contributed by atoms with Crippen molar-refractivity contribution in [2.24, 2.45) is 16.7 Å². The number of halogens is 1. The molecule has 0 saturated heterocycles. The van der Waals surface area contributed by atoms with Gasteiger partial charge < -0.3 is 14.7 Å². The number of aliphatic hydroxyl groups is 1. The van der Waals surface area contributed by atoms with Gasteiger partial charge in [0.1, 0.15) is 0 Å². The topological polar surface area (TPSA) is 32.7 Å². The van der Waals surface area contributed by atoms with Gasteiger partial charge in [-0.3, -0.25) is 0 Å². The van der Waals surface area contributed by atoms with Gasteiger partial charge in [0.15, 0.2) is 0 Å². The first-order valence-electron chi connectivity index (χ1n) is 9.83. The van der Waals surface area contributed by atoms with E-state index in [-0.39, 0.29) is 23.9 Å². The van der Waals surface area contributed by atoms with E-state index in [0.29, 0.717) is 24.2 Å². The molecule has 4 heteroatoms. The third-order valence-corrected chi connectivity index (χ3v) is 7.29. The van der Waals surface area contributed by atoms with Gasteiger partial charge in [0, 0.05) is 12.6 Å². The fourth-order valence-corrected chi connectivity index (χ4v) is 5.94. The molecule has 0 aromatic carbocycles. The van der Waals surface area contributed by atoms with Crippen molar-refractivity contribution in [1.29, 1.82) is 0 Å². The van der Waals surface area contributed by atoms with Crippen LogP contribution in [-0.2, 0) is 4.74 Å². The normalized spacial score (nSPS) is 36.8. The van der Waals surface area contributed by atoms with Crippen LogP contribution in [0.1, 0.15) is 72.1 Å². The van der Waals surface area contributed by atoms with Crippen LogP contribution in [0.25, 0.3) is 0 Å². The van der Waals surface area contributed by atoms with Crippen LogP contribution in [-0.4, -0.2) is 48.5 Å². The van der Waals surface area contributed by atoms with Gasteiger partial charge in [-0.25, -0.2) is 0 Å². The van der Waals surface area contributed by atoms with Gasteiger partial charge in [-0.05, 0) is 55.9 Å². The lowest BCUT2D eigenvalue weighted by atomic mass is 9.70. The molecule has 3 saturated carbocycles. The van der Waals surface area contributed by atoms with Crippen LogP contribution in [0, 0.1) is 16.7 Å². The van der Waals surface area contributed by atoms with E-state index in [2.05, 4.69) is 32.7 Å². The zero-order chi connectivity index (χ0) is 16.7. The molecule has 0 aromatic rings. The van der Waals surface area contributed by atoms with E-state index >= 15 is 0 Å². The second-order valence-electron chi connectivity index (χ2n) is 9.51. The fraction of sp³-hybridized carbons (Fsp3) is 1.00. The minimum absolute atomic E-state index is 0. The van der Waals surface area contributed by atoms with Crippen LogP contribution < -0.4 is 0 Å². The number of aliphatic hydroxyl groups excluding tert-OH is 1. The molecule has 142 valence electrons. The lowest BCUT2D eigenvalue weighted by Crippen LogP contribution is -2.45. The quantitative estimate of drug-likeness (QED) is 0.768. The molecular formula is C20H38ClNO2. The highest BCUT2D eigenvalue weighted by molar-refractivity contribution is 5.85. The summed E-state index contributed by atoms with van der Waals surface area (Å²) in [6.07, 6.45) is 10.6. The van der Waals surface area contributed by atoms with Crippen LogP contribution in [0.2, 0.25) is 0 Å². The van der Waals surface area contributed by atoms with Crippen LogP contribution in [0.3, 0.4) is 0 Å². The molecule has 3 fully saturated rings. The smallest absolute Gasteiger partial charge is 0.0900 e. The van der Waals surface area contributed by atoms with E-state index < -0.39 is 0 Å². The van der Waals surface area contributed by atoms with Crippen molar-refractivity contribution in [3.63, 3.8) is 0 Å². The summed E-state index contributed by atoms with van der Waals surface area (Å²) in [5.41, 5.74) is 0.602. The molecule has 4 unspecified atom stereocenters. The van der Waals surface area contributed by atoms with Crippen molar-refractivity contribution in [3.05, 3.63) is 0 Å². The summed E-state index contributed by atoms with van der Waals surface area (Å²) in [5.74, 6) is 0.805. The number of hydrogen-bond acceptors (Lipinski definition) is 3. The SMILES string of the molecule is CN(CC(O)COC1C2(C)CCC(C2)C1(C)C)C1CCCCC1.Cl. The molecule has 1 N–H and O–H groups in total. The molecule has 4 atom stereocenters. The number of ether oxygens (including phenoxy) is 1. The lowest BCUT2D eigenvalue weighted by molar-refractivity contribution is -0.114. The largest absolute Gasteiger partial charge is 0.389 e. The van der Waals surface area contributed by atoms with Gasteiger partial charge >= 0.3 is 0 Å². The van der Waals surface area contributed by atoms with E-state index in [0.717, 1.165) is 12.5 Å². The monoisotopic (exact) mass is 359 g/mol. The molecule has 0 amide bonds.